The molecule has 0 aliphatic carbocycles. The summed E-state index contributed by atoms with van der Waals surface area (Å²) >= 11 is 0. The molecule has 0 saturated carbocycles. The number of benzene rings is 11. The smallest absolute Gasteiger partial charge is 0.263 e. The van der Waals surface area contributed by atoms with Crippen LogP contribution in [-0.4, -0.2) is 13.5 Å². The van der Waals surface area contributed by atoms with Crippen LogP contribution < -0.4 is 5.56 Å². The van der Waals surface area contributed by atoms with Crippen molar-refractivity contribution in [1.82, 2.24) is 13.5 Å². The molecule has 0 N–H and O–H groups in total. The molecule has 0 saturated heterocycles. The van der Waals surface area contributed by atoms with Crippen LogP contribution in [0.3, 0.4) is 0 Å². The summed E-state index contributed by atoms with van der Waals surface area (Å²) in [6.45, 7) is 0. The second-order valence-electron chi connectivity index (χ2n) is 18.4. The molecule has 4 heteroatoms. The van der Waals surface area contributed by atoms with Crippen LogP contribution in [0.15, 0.2) is 241 Å². The van der Waals surface area contributed by atoms with Crippen molar-refractivity contribution in [2.75, 3.05) is 0 Å². The van der Waals surface area contributed by atoms with E-state index in [1.807, 2.05) is 22.6 Å². The summed E-state index contributed by atoms with van der Waals surface area (Å²) in [4.78, 5) is 13.9. The van der Waals surface area contributed by atoms with E-state index in [0.717, 1.165) is 66.0 Å². The van der Waals surface area contributed by atoms with Crippen molar-refractivity contribution in [2.24, 2.45) is 0 Å². The van der Waals surface area contributed by atoms with Gasteiger partial charge in [0.15, 0.2) is 0 Å². The fourth-order valence-corrected chi connectivity index (χ4v) is 11.7. The number of hydrogen-bond donors (Lipinski definition) is 0. The van der Waals surface area contributed by atoms with Gasteiger partial charge in [-0.2, -0.15) is 0 Å². The molecule has 15 rings (SSSR count). The largest absolute Gasteiger partial charge is 0.309 e. The lowest BCUT2D eigenvalue weighted by Gasteiger charge is -2.15. The zero-order valence-electron chi connectivity index (χ0n) is 37.3. The molecule has 0 unspecified atom stereocenters. The van der Waals surface area contributed by atoms with Gasteiger partial charge >= 0.3 is 0 Å². The minimum absolute atomic E-state index is 0.0276. The van der Waals surface area contributed by atoms with Crippen LogP contribution in [0.1, 0.15) is 0 Å². The molecule has 0 fully saturated rings. The molecule has 0 aliphatic heterocycles. The number of para-hydroxylation sites is 3. The van der Waals surface area contributed by atoms with E-state index < -0.39 is 0 Å². The van der Waals surface area contributed by atoms with Crippen molar-refractivity contribution >= 4 is 92.3 Å². The summed E-state index contributed by atoms with van der Waals surface area (Å²) in [5.74, 6) is 0. The lowest BCUT2D eigenvalue weighted by molar-refractivity contribution is 1.17. The van der Waals surface area contributed by atoms with E-state index in [1.54, 1.807) is 0 Å². The average Bonchev–Trinajstić information content (AvgIpc) is 4.05. The van der Waals surface area contributed by atoms with Crippen LogP contribution in [0.4, 0.5) is 0 Å². The third-order valence-electron chi connectivity index (χ3n) is 14.8. The van der Waals surface area contributed by atoms with Gasteiger partial charge in [-0.25, -0.2) is 0 Å². The number of aromatic nitrogens is 3. The Hall–Kier alpha value is -9.25. The lowest BCUT2D eigenvalue weighted by Crippen LogP contribution is -2.12. The Labute approximate surface area is 395 Å². The molecule has 0 atom stereocenters. The van der Waals surface area contributed by atoms with Gasteiger partial charge in [0.05, 0.1) is 38.8 Å². The highest BCUT2D eigenvalue weighted by Gasteiger charge is 2.21. The summed E-state index contributed by atoms with van der Waals surface area (Å²) in [6.07, 6.45) is 0. The molecular weight excluding hydrogens is 839 g/mol. The summed E-state index contributed by atoms with van der Waals surface area (Å²) in [5.41, 5.74) is 15.9. The molecule has 0 amide bonds. The van der Waals surface area contributed by atoms with Crippen molar-refractivity contribution in [3.63, 3.8) is 0 Å². The van der Waals surface area contributed by atoms with Crippen molar-refractivity contribution in [2.45, 2.75) is 0 Å². The summed E-state index contributed by atoms with van der Waals surface area (Å²) in [5, 5.41) is 12.3. The van der Waals surface area contributed by atoms with E-state index in [4.69, 9.17) is 0 Å². The molecule has 0 spiro atoms. The third-order valence-corrected chi connectivity index (χ3v) is 14.8. The SMILES string of the molecule is O=c1c2ccccc2c2cccc3c4cc(-c5ccc(-c6ccc(-n7c8ccccc8c8cc9c%10ccccc%10n(-c%10cccc(-c%11ccccc%11)c%10)c9cc87)c7ccccc67)cc5)ccc4n1c23. The highest BCUT2D eigenvalue weighted by atomic mass is 16.1. The first-order chi connectivity index (χ1) is 34.2. The molecule has 4 heterocycles. The quantitative estimate of drug-likeness (QED) is 0.159. The zero-order valence-corrected chi connectivity index (χ0v) is 37.3. The Balaban J connectivity index is 0.874. The maximum Gasteiger partial charge on any atom is 0.263 e. The number of rotatable bonds is 5. The van der Waals surface area contributed by atoms with Gasteiger partial charge in [0.2, 0.25) is 0 Å². The van der Waals surface area contributed by atoms with Crippen molar-refractivity contribution in [1.29, 1.82) is 0 Å². The third kappa shape index (κ3) is 5.43. The highest BCUT2D eigenvalue weighted by molar-refractivity contribution is 6.22. The monoisotopic (exact) mass is 877 g/mol. The highest BCUT2D eigenvalue weighted by Crippen LogP contribution is 2.43. The fraction of sp³-hybridized carbons (Fsp3) is 0. The second-order valence-corrected chi connectivity index (χ2v) is 18.4. The molecule has 320 valence electrons. The van der Waals surface area contributed by atoms with E-state index in [2.05, 4.69) is 228 Å². The normalized spacial score (nSPS) is 12.1. The van der Waals surface area contributed by atoms with Crippen LogP contribution >= 0.6 is 0 Å². The molecule has 4 nitrogen and oxygen atoms in total. The molecule has 0 aliphatic rings. The molecule has 0 radical (unpaired) electrons. The Morgan fingerprint density at radius 1 is 0.261 bits per heavy atom. The Kier molecular flexibility index (Phi) is 7.90. The summed E-state index contributed by atoms with van der Waals surface area (Å²) < 4.78 is 6.83. The predicted octanol–water partition coefficient (Wildman–Crippen LogP) is 16.5. The first kappa shape index (κ1) is 37.9. The minimum Gasteiger partial charge on any atom is -0.309 e. The van der Waals surface area contributed by atoms with E-state index in [1.165, 1.54) is 71.1 Å². The minimum atomic E-state index is 0.0276. The molecule has 69 heavy (non-hydrogen) atoms. The van der Waals surface area contributed by atoms with E-state index >= 15 is 0 Å². The topological polar surface area (TPSA) is 31.3 Å². The fourth-order valence-electron chi connectivity index (χ4n) is 11.7. The second kappa shape index (κ2) is 14.4. The van der Waals surface area contributed by atoms with Gasteiger partial charge in [0.1, 0.15) is 0 Å². The van der Waals surface area contributed by atoms with Crippen LogP contribution in [0.5, 0.6) is 0 Å². The van der Waals surface area contributed by atoms with E-state index in [0.29, 0.717) is 0 Å². The molecular formula is C65H39N3O. The van der Waals surface area contributed by atoms with Gasteiger partial charge in [-0.15, -0.1) is 0 Å². The molecule has 11 aromatic carbocycles. The van der Waals surface area contributed by atoms with Crippen molar-refractivity contribution in [3.05, 3.63) is 247 Å². The molecule has 15 aromatic rings. The standard InChI is InChI=1S/C65H39N3O/c69-65-54-23-7-5-19-48(54)52-24-13-25-53-55-37-44(32-34-61(55)68(65)64(52)53)41-28-30-42(31-29-41)46-33-35-60(49-20-6-4-18-47(46)49)67-59-27-11-9-22-51(59)57-38-56-50-21-8-10-26-58(50)66(62(56)39-63(57)67)45-17-12-16-43(36-45)40-14-2-1-3-15-40/h1-39H. The van der Waals surface area contributed by atoms with Crippen molar-refractivity contribution in [3.8, 4) is 44.8 Å². The Bertz CT molecular complexity index is 4670. The van der Waals surface area contributed by atoms with E-state index in [9.17, 15) is 4.79 Å². The maximum absolute atomic E-state index is 13.9. The van der Waals surface area contributed by atoms with Gasteiger partial charge < -0.3 is 9.13 Å². The number of hydrogen-bond acceptors (Lipinski definition) is 1. The first-order valence-corrected chi connectivity index (χ1v) is 23.6. The zero-order chi connectivity index (χ0) is 45.3. The summed E-state index contributed by atoms with van der Waals surface area (Å²) in [7, 11) is 0. The summed E-state index contributed by atoms with van der Waals surface area (Å²) in [6, 6.07) is 85.3. The lowest BCUT2D eigenvalue weighted by atomic mass is 9.95. The van der Waals surface area contributed by atoms with Crippen LogP contribution in [0, 0.1) is 0 Å². The average molecular weight is 878 g/mol. The van der Waals surface area contributed by atoms with Crippen molar-refractivity contribution < 1.29 is 0 Å². The van der Waals surface area contributed by atoms with Crippen LogP contribution in [0.25, 0.3) is 137 Å². The first-order valence-electron chi connectivity index (χ1n) is 23.6. The van der Waals surface area contributed by atoms with Crippen LogP contribution in [-0.2, 0) is 0 Å². The van der Waals surface area contributed by atoms with Gasteiger partial charge in [0, 0.05) is 54.2 Å². The maximum atomic E-state index is 13.9. The number of pyridine rings is 1. The number of fused-ring (bicyclic) bond motifs is 12. The predicted molar refractivity (Wildman–Crippen MR) is 290 cm³/mol. The van der Waals surface area contributed by atoms with Crippen LogP contribution in [0.2, 0.25) is 0 Å². The van der Waals surface area contributed by atoms with Gasteiger partial charge in [0.25, 0.3) is 5.56 Å². The molecule has 0 bridgehead atoms. The van der Waals surface area contributed by atoms with Gasteiger partial charge in [-0.05, 0) is 105 Å². The Morgan fingerprint density at radius 2 is 0.783 bits per heavy atom. The van der Waals surface area contributed by atoms with Gasteiger partial charge in [-0.1, -0.05) is 176 Å². The van der Waals surface area contributed by atoms with Gasteiger partial charge in [-0.3, -0.25) is 9.20 Å². The molecule has 4 aromatic heterocycles. The van der Waals surface area contributed by atoms with E-state index in [-0.39, 0.29) is 5.56 Å². The number of nitrogens with zero attached hydrogens (tertiary/aromatic N) is 3. The Morgan fingerprint density at radius 3 is 1.55 bits per heavy atom.